The van der Waals surface area contributed by atoms with Crippen molar-refractivity contribution >= 4 is 23.1 Å². The molecular formula is C25H28N2O3. The average molecular weight is 405 g/mol. The number of rotatable bonds is 3. The SMILES string of the molecule is CC1=NC2=C(C(=O)CC(C)(C)C2)[C@@H](c2ccc(C)o2)C1C(=O)Nc1ccc(C)cc1. The number of nitrogens with one attached hydrogen (secondary N) is 1. The molecule has 1 aromatic heterocycles. The zero-order valence-corrected chi connectivity index (χ0v) is 18.2. The maximum Gasteiger partial charge on any atom is 0.234 e. The third kappa shape index (κ3) is 3.76. The van der Waals surface area contributed by atoms with Crippen molar-refractivity contribution in [2.45, 2.75) is 53.4 Å². The molecule has 0 fully saturated rings. The summed E-state index contributed by atoms with van der Waals surface area (Å²) in [6, 6.07) is 11.4. The number of hydrogen-bond donors (Lipinski definition) is 1. The molecule has 1 aromatic carbocycles. The van der Waals surface area contributed by atoms with Crippen LogP contribution in [0.5, 0.6) is 0 Å². The highest BCUT2D eigenvalue weighted by Gasteiger charge is 2.46. The van der Waals surface area contributed by atoms with Gasteiger partial charge in [0.15, 0.2) is 5.78 Å². The topological polar surface area (TPSA) is 71.7 Å². The average Bonchev–Trinajstić information content (AvgIpc) is 3.07. The summed E-state index contributed by atoms with van der Waals surface area (Å²) in [4.78, 5) is 31.4. The van der Waals surface area contributed by atoms with Crippen molar-refractivity contribution in [2.24, 2.45) is 16.3 Å². The van der Waals surface area contributed by atoms with E-state index in [4.69, 9.17) is 9.41 Å². The largest absolute Gasteiger partial charge is 0.466 e. The Bertz CT molecular complexity index is 1070. The minimum atomic E-state index is -0.597. The molecule has 1 unspecified atom stereocenters. The standard InChI is InChI=1S/C25H28N2O3/c1-14-6-9-17(10-7-14)27-24(29)21-16(3)26-18-12-25(4,5)13-19(28)22(18)23(21)20-11-8-15(2)30-20/h6-11,21,23H,12-13H2,1-5H3,(H,27,29)/t21?,23-/m0/s1. The van der Waals surface area contributed by atoms with Crippen molar-refractivity contribution < 1.29 is 14.0 Å². The van der Waals surface area contributed by atoms with Gasteiger partial charge in [-0.05, 0) is 56.9 Å². The van der Waals surface area contributed by atoms with Crippen LogP contribution in [0.15, 0.2) is 57.1 Å². The van der Waals surface area contributed by atoms with Crippen molar-refractivity contribution in [3.05, 3.63) is 64.8 Å². The second-order valence-corrected chi connectivity index (χ2v) is 9.31. The molecule has 2 aliphatic rings. The fourth-order valence-corrected chi connectivity index (χ4v) is 4.57. The van der Waals surface area contributed by atoms with Gasteiger partial charge in [0, 0.05) is 29.1 Å². The molecule has 5 nitrogen and oxygen atoms in total. The molecule has 1 aliphatic heterocycles. The zero-order valence-electron chi connectivity index (χ0n) is 18.2. The van der Waals surface area contributed by atoms with Crippen molar-refractivity contribution in [1.29, 1.82) is 0 Å². The Labute approximate surface area is 177 Å². The Morgan fingerprint density at radius 3 is 2.40 bits per heavy atom. The van der Waals surface area contributed by atoms with Crippen LogP contribution in [0.3, 0.4) is 0 Å². The van der Waals surface area contributed by atoms with Gasteiger partial charge in [-0.25, -0.2) is 0 Å². The molecule has 1 aliphatic carbocycles. The highest BCUT2D eigenvalue weighted by atomic mass is 16.3. The van der Waals surface area contributed by atoms with Gasteiger partial charge in [0.1, 0.15) is 11.5 Å². The summed E-state index contributed by atoms with van der Waals surface area (Å²) >= 11 is 0. The lowest BCUT2D eigenvalue weighted by Gasteiger charge is -2.38. The second kappa shape index (κ2) is 7.38. The van der Waals surface area contributed by atoms with Gasteiger partial charge in [-0.15, -0.1) is 0 Å². The maximum atomic E-state index is 13.4. The number of benzene rings is 1. The number of Topliss-reactive ketones (excluding diaryl/α,β-unsaturated/α-hetero) is 1. The van der Waals surface area contributed by atoms with Gasteiger partial charge in [0.25, 0.3) is 0 Å². The molecule has 5 heteroatoms. The van der Waals surface area contributed by atoms with Gasteiger partial charge in [-0.1, -0.05) is 31.5 Å². The van der Waals surface area contributed by atoms with Crippen LogP contribution in [-0.2, 0) is 9.59 Å². The van der Waals surface area contributed by atoms with Crippen LogP contribution in [0.1, 0.15) is 56.6 Å². The third-order valence-electron chi connectivity index (χ3n) is 5.97. The number of ketones is 1. The number of nitrogens with zero attached hydrogens (tertiary/aromatic N) is 1. The lowest BCUT2D eigenvalue weighted by atomic mass is 9.68. The van der Waals surface area contributed by atoms with E-state index < -0.39 is 11.8 Å². The van der Waals surface area contributed by atoms with Gasteiger partial charge in [0.05, 0.1) is 11.8 Å². The van der Waals surface area contributed by atoms with Crippen LogP contribution in [0, 0.1) is 25.2 Å². The minimum Gasteiger partial charge on any atom is -0.466 e. The number of amides is 1. The van der Waals surface area contributed by atoms with Gasteiger partial charge in [-0.3, -0.25) is 14.6 Å². The fraction of sp³-hybridized carbons (Fsp3) is 0.400. The molecule has 0 spiro atoms. The van der Waals surface area contributed by atoms with Crippen molar-refractivity contribution in [3.8, 4) is 0 Å². The first-order valence-corrected chi connectivity index (χ1v) is 10.4. The maximum absolute atomic E-state index is 13.4. The quantitative estimate of drug-likeness (QED) is 0.749. The smallest absolute Gasteiger partial charge is 0.234 e. The molecule has 0 radical (unpaired) electrons. The number of anilines is 1. The van der Waals surface area contributed by atoms with Gasteiger partial charge in [-0.2, -0.15) is 0 Å². The highest BCUT2D eigenvalue weighted by molar-refractivity contribution is 6.13. The number of aryl methyl sites for hydroxylation is 2. The van der Waals surface area contributed by atoms with Crippen molar-refractivity contribution in [3.63, 3.8) is 0 Å². The van der Waals surface area contributed by atoms with E-state index in [0.717, 1.165) is 22.7 Å². The second-order valence-electron chi connectivity index (χ2n) is 9.31. The van der Waals surface area contributed by atoms with E-state index in [1.807, 2.05) is 57.2 Å². The lowest BCUT2D eigenvalue weighted by molar-refractivity contribution is -0.119. The Kier molecular flexibility index (Phi) is 5.00. The third-order valence-corrected chi connectivity index (χ3v) is 5.97. The molecule has 0 bridgehead atoms. The summed E-state index contributed by atoms with van der Waals surface area (Å²) in [5.41, 5.74) is 3.86. The summed E-state index contributed by atoms with van der Waals surface area (Å²) < 4.78 is 5.95. The zero-order chi connectivity index (χ0) is 21.6. The van der Waals surface area contributed by atoms with Gasteiger partial charge >= 0.3 is 0 Å². The number of carbonyl (C=O) groups is 2. The molecule has 0 saturated heterocycles. The van der Waals surface area contributed by atoms with Crippen LogP contribution in [0.2, 0.25) is 0 Å². The molecule has 2 aromatic rings. The van der Waals surface area contributed by atoms with Crippen LogP contribution < -0.4 is 5.32 Å². The molecule has 2 heterocycles. The number of hydrogen-bond acceptors (Lipinski definition) is 4. The van der Waals surface area contributed by atoms with E-state index in [-0.39, 0.29) is 17.1 Å². The number of allylic oxidation sites excluding steroid dienone is 2. The molecule has 4 rings (SSSR count). The molecule has 1 N–H and O–H groups in total. The summed E-state index contributed by atoms with van der Waals surface area (Å²) in [6.45, 7) is 9.92. The summed E-state index contributed by atoms with van der Waals surface area (Å²) in [6.07, 6.45) is 1.16. The molecule has 30 heavy (non-hydrogen) atoms. The van der Waals surface area contributed by atoms with Gasteiger partial charge in [0.2, 0.25) is 5.91 Å². The number of carbonyl (C=O) groups excluding carboxylic acids is 2. The van der Waals surface area contributed by atoms with Crippen LogP contribution >= 0.6 is 0 Å². The summed E-state index contributed by atoms with van der Waals surface area (Å²) in [5, 5.41) is 3.01. The van der Waals surface area contributed by atoms with Crippen LogP contribution in [-0.4, -0.2) is 17.4 Å². The Morgan fingerprint density at radius 1 is 1.07 bits per heavy atom. The highest BCUT2D eigenvalue weighted by Crippen LogP contribution is 2.48. The Balaban J connectivity index is 1.77. The van der Waals surface area contributed by atoms with Crippen molar-refractivity contribution in [1.82, 2.24) is 0 Å². The summed E-state index contributed by atoms with van der Waals surface area (Å²) in [5.74, 6) is 0.231. The van der Waals surface area contributed by atoms with E-state index in [9.17, 15) is 9.59 Å². The monoisotopic (exact) mass is 404 g/mol. The molecule has 2 atom stereocenters. The first kappa shape index (κ1) is 20.3. The normalized spacial score (nSPS) is 23.1. The number of furan rings is 1. The Morgan fingerprint density at radius 2 is 1.77 bits per heavy atom. The van der Waals surface area contributed by atoms with Gasteiger partial charge < -0.3 is 9.73 Å². The van der Waals surface area contributed by atoms with E-state index in [1.165, 1.54) is 0 Å². The van der Waals surface area contributed by atoms with E-state index in [0.29, 0.717) is 29.9 Å². The minimum absolute atomic E-state index is 0.0599. The van der Waals surface area contributed by atoms with Crippen LogP contribution in [0.25, 0.3) is 0 Å². The fourth-order valence-electron chi connectivity index (χ4n) is 4.57. The van der Waals surface area contributed by atoms with Crippen molar-refractivity contribution in [2.75, 3.05) is 5.32 Å². The molecule has 156 valence electrons. The predicted octanol–water partition coefficient (Wildman–Crippen LogP) is 5.35. The summed E-state index contributed by atoms with van der Waals surface area (Å²) in [7, 11) is 0. The van der Waals surface area contributed by atoms with Crippen LogP contribution in [0.4, 0.5) is 5.69 Å². The molecule has 1 amide bonds. The first-order chi connectivity index (χ1) is 14.1. The van der Waals surface area contributed by atoms with E-state index in [1.54, 1.807) is 0 Å². The van der Waals surface area contributed by atoms with E-state index >= 15 is 0 Å². The molecule has 0 saturated carbocycles. The Hall–Kier alpha value is -2.95. The molecular weight excluding hydrogens is 376 g/mol. The first-order valence-electron chi connectivity index (χ1n) is 10.4. The lowest BCUT2D eigenvalue weighted by Crippen LogP contribution is -2.40. The van der Waals surface area contributed by atoms with E-state index in [2.05, 4.69) is 19.2 Å². The predicted molar refractivity (Wildman–Crippen MR) is 118 cm³/mol. The number of aliphatic imine (C=N–C) groups is 1.